The Morgan fingerprint density at radius 1 is 0.914 bits per heavy atom. The molecule has 4 aliphatic rings. The molecule has 0 spiro atoms. The maximum Gasteiger partial charge on any atom is 0.306 e. The Bertz CT molecular complexity index is 796. The van der Waals surface area contributed by atoms with Gasteiger partial charge in [0.25, 0.3) is 0 Å². The van der Waals surface area contributed by atoms with Crippen molar-refractivity contribution in [1.82, 2.24) is 0 Å². The number of ether oxygens (including phenoxy) is 2. The van der Waals surface area contributed by atoms with E-state index in [0.29, 0.717) is 36.5 Å². The topological polar surface area (TPSA) is 93.1 Å². The van der Waals surface area contributed by atoms with Crippen molar-refractivity contribution in [1.29, 1.82) is 0 Å². The van der Waals surface area contributed by atoms with Gasteiger partial charge in [-0.05, 0) is 112 Å². The van der Waals surface area contributed by atoms with Crippen LogP contribution in [-0.4, -0.2) is 46.6 Å². The molecular formula is C29H48O6. The zero-order valence-electron chi connectivity index (χ0n) is 22.7. The third-order valence-electron chi connectivity index (χ3n) is 11.0. The van der Waals surface area contributed by atoms with Gasteiger partial charge in [-0.2, -0.15) is 0 Å². The molecule has 0 aromatic rings. The molecule has 0 bridgehead atoms. The fraction of sp³-hybridized carbons (Fsp3) is 0.931. The van der Waals surface area contributed by atoms with Crippen molar-refractivity contribution in [2.45, 2.75) is 124 Å². The van der Waals surface area contributed by atoms with Crippen LogP contribution >= 0.6 is 0 Å². The molecule has 4 rings (SSSR count). The molecule has 0 amide bonds. The van der Waals surface area contributed by atoms with Crippen LogP contribution < -0.4 is 0 Å². The van der Waals surface area contributed by atoms with Gasteiger partial charge in [0.05, 0.1) is 18.3 Å². The van der Waals surface area contributed by atoms with Gasteiger partial charge in [-0.3, -0.25) is 9.59 Å². The van der Waals surface area contributed by atoms with Crippen molar-refractivity contribution in [3.8, 4) is 0 Å². The fourth-order valence-electron chi connectivity index (χ4n) is 9.41. The Labute approximate surface area is 211 Å². The summed E-state index contributed by atoms with van der Waals surface area (Å²) < 4.78 is 10.9. The number of hydrogen-bond donors (Lipinski definition) is 2. The van der Waals surface area contributed by atoms with E-state index in [-0.39, 0.29) is 46.8 Å². The van der Waals surface area contributed by atoms with Gasteiger partial charge in [0, 0.05) is 13.3 Å². The smallest absolute Gasteiger partial charge is 0.306 e. The Hall–Kier alpha value is -1.14. The lowest BCUT2D eigenvalue weighted by Gasteiger charge is -2.63. The highest BCUT2D eigenvalue weighted by molar-refractivity contribution is 5.69. The van der Waals surface area contributed by atoms with E-state index in [1.54, 1.807) is 0 Å². The van der Waals surface area contributed by atoms with Crippen molar-refractivity contribution in [2.24, 2.45) is 46.3 Å². The number of aliphatic hydroxyl groups is 2. The van der Waals surface area contributed by atoms with Gasteiger partial charge in [-0.25, -0.2) is 0 Å². The predicted octanol–water partition coefficient (Wildman–Crippen LogP) is 4.89. The normalized spacial score (nSPS) is 45.7. The number of hydrogen-bond acceptors (Lipinski definition) is 6. The predicted molar refractivity (Wildman–Crippen MR) is 133 cm³/mol. The van der Waals surface area contributed by atoms with Crippen molar-refractivity contribution < 1.29 is 29.3 Å². The van der Waals surface area contributed by atoms with E-state index in [1.165, 1.54) is 6.92 Å². The largest absolute Gasteiger partial charge is 0.463 e. The Kier molecular flexibility index (Phi) is 7.66. The van der Waals surface area contributed by atoms with Crippen molar-refractivity contribution >= 4 is 11.9 Å². The first-order valence-corrected chi connectivity index (χ1v) is 14.1. The Morgan fingerprint density at radius 3 is 2.23 bits per heavy atom. The maximum absolute atomic E-state index is 12.1. The summed E-state index contributed by atoms with van der Waals surface area (Å²) in [6.45, 7) is 12.3. The summed E-state index contributed by atoms with van der Waals surface area (Å²) in [4.78, 5) is 23.7. The van der Waals surface area contributed by atoms with Crippen molar-refractivity contribution in [3.63, 3.8) is 0 Å². The molecule has 0 unspecified atom stereocenters. The summed E-state index contributed by atoms with van der Waals surface area (Å²) in [5, 5.41) is 22.9. The molecule has 0 aromatic heterocycles. The number of aliphatic hydroxyl groups excluding tert-OH is 2. The van der Waals surface area contributed by atoms with Gasteiger partial charge >= 0.3 is 11.9 Å². The SMILES string of the molecule is CC(=O)O[C@@H]1CC[C@@]2(C)[C@@H](C1)[C@@H](O)[C@@H](O)[C@@H]1[C@@H]2CC[C@]2(C)[C@@H]([C@H](C)CCC(=O)OC(C)C)CC[C@@H]12. The second-order valence-corrected chi connectivity index (χ2v) is 13.2. The second kappa shape index (κ2) is 9.96. The summed E-state index contributed by atoms with van der Waals surface area (Å²) >= 11 is 0. The average molecular weight is 493 g/mol. The minimum absolute atomic E-state index is 0.0361. The lowest BCUT2D eigenvalue weighted by Crippen LogP contribution is -2.64. The van der Waals surface area contributed by atoms with Crippen LogP contribution in [0.1, 0.15) is 99.3 Å². The van der Waals surface area contributed by atoms with E-state index in [4.69, 9.17) is 9.47 Å². The molecular weight excluding hydrogens is 444 g/mol. The van der Waals surface area contributed by atoms with Crippen LogP contribution in [0.25, 0.3) is 0 Å². The first-order valence-electron chi connectivity index (χ1n) is 14.1. The van der Waals surface area contributed by atoms with Gasteiger partial charge in [-0.1, -0.05) is 20.8 Å². The molecule has 0 aliphatic heterocycles. The lowest BCUT2D eigenvalue weighted by atomic mass is 9.43. The standard InChI is InChI=1S/C29H48O6/c1-16(2)34-24(31)10-7-17(3)20-8-9-21-25-22(12-14-28(20,21)5)29(6)13-11-19(35-18(4)30)15-23(29)26(32)27(25)33/h16-17,19-23,25-27,32-33H,7-15H2,1-6H3/t17-,19-,20-,21+,22+,23+,25+,26-,27+,28-,29-/m1/s1. The monoisotopic (exact) mass is 492 g/mol. The van der Waals surface area contributed by atoms with Crippen LogP contribution in [0.15, 0.2) is 0 Å². The van der Waals surface area contributed by atoms with Crippen molar-refractivity contribution in [2.75, 3.05) is 0 Å². The van der Waals surface area contributed by atoms with Crippen LogP contribution in [-0.2, 0) is 19.1 Å². The van der Waals surface area contributed by atoms with Crippen LogP contribution in [0.3, 0.4) is 0 Å². The van der Waals surface area contributed by atoms with Crippen molar-refractivity contribution in [3.05, 3.63) is 0 Å². The van der Waals surface area contributed by atoms with E-state index in [1.807, 2.05) is 13.8 Å². The number of esters is 2. The van der Waals surface area contributed by atoms with Crippen LogP contribution in [0.5, 0.6) is 0 Å². The molecule has 35 heavy (non-hydrogen) atoms. The fourth-order valence-corrected chi connectivity index (χ4v) is 9.41. The Morgan fingerprint density at radius 2 is 1.57 bits per heavy atom. The van der Waals surface area contributed by atoms with Gasteiger partial charge in [0.15, 0.2) is 0 Å². The Balaban J connectivity index is 1.49. The second-order valence-electron chi connectivity index (χ2n) is 13.2. The summed E-state index contributed by atoms with van der Waals surface area (Å²) in [6, 6.07) is 0. The average Bonchev–Trinajstić information content (AvgIpc) is 3.13. The first kappa shape index (κ1) is 26.9. The molecule has 2 N–H and O–H groups in total. The minimum atomic E-state index is -0.774. The molecule has 4 saturated carbocycles. The quantitative estimate of drug-likeness (QED) is 0.513. The van der Waals surface area contributed by atoms with Crippen LogP contribution in [0, 0.1) is 46.3 Å². The zero-order chi connectivity index (χ0) is 25.7. The van der Waals surface area contributed by atoms with E-state index >= 15 is 0 Å². The molecule has 6 nitrogen and oxygen atoms in total. The minimum Gasteiger partial charge on any atom is -0.463 e. The highest BCUT2D eigenvalue weighted by atomic mass is 16.5. The summed E-state index contributed by atoms with van der Waals surface area (Å²) in [5.41, 5.74) is 0.0903. The third kappa shape index (κ3) is 4.79. The number of carbonyl (C=O) groups excluding carboxylic acids is 2. The lowest BCUT2D eigenvalue weighted by molar-refractivity contribution is -0.225. The first-order chi connectivity index (χ1) is 16.4. The number of fused-ring (bicyclic) bond motifs is 5. The maximum atomic E-state index is 12.1. The van der Waals surface area contributed by atoms with Gasteiger partial charge < -0.3 is 19.7 Å². The van der Waals surface area contributed by atoms with Gasteiger partial charge in [0.1, 0.15) is 6.10 Å². The summed E-state index contributed by atoms with van der Waals surface area (Å²) in [7, 11) is 0. The highest BCUT2D eigenvalue weighted by Crippen LogP contribution is 2.68. The highest BCUT2D eigenvalue weighted by Gasteiger charge is 2.65. The van der Waals surface area contributed by atoms with Crippen LogP contribution in [0.4, 0.5) is 0 Å². The van der Waals surface area contributed by atoms with Crippen LogP contribution in [0.2, 0.25) is 0 Å². The van der Waals surface area contributed by atoms with Gasteiger partial charge in [-0.15, -0.1) is 0 Å². The van der Waals surface area contributed by atoms with E-state index < -0.39 is 12.2 Å². The summed E-state index contributed by atoms with van der Waals surface area (Å²) in [5.74, 6) is 1.43. The van der Waals surface area contributed by atoms with E-state index in [0.717, 1.165) is 44.9 Å². The molecule has 11 atom stereocenters. The molecule has 4 aliphatic carbocycles. The number of rotatable bonds is 6. The molecule has 0 heterocycles. The molecule has 0 saturated heterocycles. The van der Waals surface area contributed by atoms with Gasteiger partial charge in [0.2, 0.25) is 0 Å². The third-order valence-corrected chi connectivity index (χ3v) is 11.0. The van der Waals surface area contributed by atoms with E-state index in [9.17, 15) is 19.8 Å². The molecule has 200 valence electrons. The van der Waals surface area contributed by atoms with E-state index in [2.05, 4.69) is 20.8 Å². The summed E-state index contributed by atoms with van der Waals surface area (Å²) in [6.07, 6.45) is 6.42. The molecule has 0 aromatic carbocycles. The molecule has 6 heteroatoms. The zero-order valence-corrected chi connectivity index (χ0v) is 22.7. The number of carbonyl (C=O) groups is 2. The molecule has 0 radical (unpaired) electrons. The molecule has 4 fully saturated rings.